The minimum absolute atomic E-state index is 0.420. The van der Waals surface area contributed by atoms with Crippen LogP contribution in [-0.4, -0.2) is 30.9 Å². The topological polar surface area (TPSA) is 3.24 Å². The van der Waals surface area contributed by atoms with Gasteiger partial charge in [0.25, 0.3) is 0 Å². The van der Waals surface area contributed by atoms with E-state index in [9.17, 15) is 0 Å². The minimum atomic E-state index is 0.420. The van der Waals surface area contributed by atoms with Gasteiger partial charge in [0.15, 0.2) is 0 Å². The fourth-order valence-electron chi connectivity index (χ4n) is 4.00. The Morgan fingerprint density at radius 3 is 2.40 bits per heavy atom. The van der Waals surface area contributed by atoms with Crippen LogP contribution >= 0.6 is 11.6 Å². The van der Waals surface area contributed by atoms with E-state index in [4.69, 9.17) is 11.6 Å². The van der Waals surface area contributed by atoms with Crippen LogP contribution in [0.15, 0.2) is 0 Å². The van der Waals surface area contributed by atoms with E-state index < -0.39 is 0 Å². The first-order valence-electron chi connectivity index (χ1n) is 6.19. The van der Waals surface area contributed by atoms with Crippen LogP contribution in [0.1, 0.15) is 39.5 Å². The van der Waals surface area contributed by atoms with E-state index in [1.165, 1.54) is 32.2 Å². The number of fused-ring (bicyclic) bond motifs is 2. The molecule has 3 atom stereocenters. The van der Waals surface area contributed by atoms with Crippen LogP contribution in [0.25, 0.3) is 0 Å². The van der Waals surface area contributed by atoms with Crippen molar-refractivity contribution in [2.45, 2.75) is 44.9 Å². The van der Waals surface area contributed by atoms with Gasteiger partial charge < -0.3 is 4.90 Å². The van der Waals surface area contributed by atoms with Gasteiger partial charge in [0, 0.05) is 5.38 Å². The van der Waals surface area contributed by atoms with Crippen molar-refractivity contribution in [3.63, 3.8) is 0 Å². The zero-order valence-electron chi connectivity index (χ0n) is 10.5. The molecular formula is C13H24ClN. The lowest BCUT2D eigenvalue weighted by Crippen LogP contribution is -2.38. The second kappa shape index (κ2) is 3.63. The number of alkyl halides is 1. The van der Waals surface area contributed by atoms with Crippen LogP contribution in [0, 0.1) is 16.7 Å². The summed E-state index contributed by atoms with van der Waals surface area (Å²) in [4.78, 5) is 2.29. The average Bonchev–Trinajstić information content (AvgIpc) is 2.47. The summed E-state index contributed by atoms with van der Waals surface area (Å²) in [6, 6.07) is 0. The van der Waals surface area contributed by atoms with E-state index in [0.717, 1.165) is 5.92 Å². The summed E-state index contributed by atoms with van der Waals surface area (Å²) in [5.41, 5.74) is 0.888. The van der Waals surface area contributed by atoms with E-state index in [-0.39, 0.29) is 0 Å². The third-order valence-electron chi connectivity index (χ3n) is 5.34. The van der Waals surface area contributed by atoms with Crippen molar-refractivity contribution in [1.82, 2.24) is 4.90 Å². The quantitative estimate of drug-likeness (QED) is 0.671. The van der Waals surface area contributed by atoms with Crippen LogP contribution in [0.4, 0.5) is 0 Å². The number of halogens is 1. The van der Waals surface area contributed by atoms with Gasteiger partial charge in [-0.1, -0.05) is 13.8 Å². The van der Waals surface area contributed by atoms with Gasteiger partial charge >= 0.3 is 0 Å². The standard InChI is InChI=1S/C13H24ClN/c1-12(2)10-5-6-13(12,11(14)9-10)7-8-15(3)4/h10-11H,5-9H2,1-4H3. The summed E-state index contributed by atoms with van der Waals surface area (Å²) in [6.07, 6.45) is 5.29. The first kappa shape index (κ1) is 11.7. The van der Waals surface area contributed by atoms with E-state index in [2.05, 4.69) is 32.8 Å². The Morgan fingerprint density at radius 1 is 1.33 bits per heavy atom. The molecule has 2 saturated carbocycles. The molecule has 2 rings (SSSR count). The summed E-state index contributed by atoms with van der Waals surface area (Å²) < 4.78 is 0. The van der Waals surface area contributed by atoms with Crippen molar-refractivity contribution in [2.24, 2.45) is 16.7 Å². The Hall–Kier alpha value is 0.250. The van der Waals surface area contributed by atoms with E-state index in [1.807, 2.05) is 0 Å². The molecule has 0 spiro atoms. The Morgan fingerprint density at radius 2 is 2.00 bits per heavy atom. The van der Waals surface area contributed by atoms with Crippen molar-refractivity contribution in [1.29, 1.82) is 0 Å². The fourth-order valence-corrected chi connectivity index (χ4v) is 4.71. The lowest BCUT2D eigenvalue weighted by Gasteiger charge is -2.41. The molecule has 2 bridgehead atoms. The molecule has 88 valence electrons. The summed E-state index contributed by atoms with van der Waals surface area (Å²) in [7, 11) is 4.32. The lowest BCUT2D eigenvalue weighted by molar-refractivity contribution is 0.107. The van der Waals surface area contributed by atoms with Gasteiger partial charge in [0.05, 0.1) is 0 Å². The SMILES string of the molecule is CN(C)CCC12CCC(CC1Cl)C2(C)C. The summed E-state index contributed by atoms with van der Waals surface area (Å²) in [6.45, 7) is 6.07. The minimum Gasteiger partial charge on any atom is -0.309 e. The van der Waals surface area contributed by atoms with Gasteiger partial charge in [-0.05, 0) is 63.1 Å². The molecule has 0 amide bonds. The molecule has 3 unspecified atom stereocenters. The van der Waals surface area contributed by atoms with Crippen LogP contribution in [-0.2, 0) is 0 Å². The zero-order valence-corrected chi connectivity index (χ0v) is 11.3. The summed E-state index contributed by atoms with van der Waals surface area (Å²) in [5, 5.41) is 0.422. The van der Waals surface area contributed by atoms with Crippen LogP contribution in [0.2, 0.25) is 0 Å². The van der Waals surface area contributed by atoms with Gasteiger partial charge in [0.2, 0.25) is 0 Å². The number of nitrogens with zero attached hydrogens (tertiary/aromatic N) is 1. The maximum absolute atomic E-state index is 6.61. The monoisotopic (exact) mass is 229 g/mol. The number of hydrogen-bond donors (Lipinski definition) is 0. The molecule has 0 aliphatic heterocycles. The molecule has 0 aromatic heterocycles. The molecule has 0 aromatic carbocycles. The van der Waals surface area contributed by atoms with Gasteiger partial charge in [-0.25, -0.2) is 0 Å². The first-order chi connectivity index (χ1) is 6.90. The van der Waals surface area contributed by atoms with Crippen molar-refractivity contribution in [2.75, 3.05) is 20.6 Å². The normalized spacial score (nSPS) is 42.8. The largest absolute Gasteiger partial charge is 0.309 e. The molecule has 0 heterocycles. The van der Waals surface area contributed by atoms with Crippen LogP contribution in [0.5, 0.6) is 0 Å². The zero-order chi connectivity index (χ0) is 11.3. The molecule has 0 radical (unpaired) electrons. The Labute approximate surface area is 99.2 Å². The molecule has 2 fully saturated rings. The Kier molecular flexibility index (Phi) is 2.84. The highest BCUT2D eigenvalue weighted by Gasteiger charge is 2.62. The number of rotatable bonds is 3. The van der Waals surface area contributed by atoms with Crippen molar-refractivity contribution < 1.29 is 0 Å². The van der Waals surface area contributed by atoms with Crippen molar-refractivity contribution in [3.05, 3.63) is 0 Å². The molecule has 2 aliphatic carbocycles. The van der Waals surface area contributed by atoms with Crippen LogP contribution in [0.3, 0.4) is 0 Å². The summed E-state index contributed by atoms with van der Waals surface area (Å²) >= 11 is 6.61. The maximum Gasteiger partial charge on any atom is 0.0400 e. The molecule has 2 aliphatic rings. The predicted molar refractivity (Wildman–Crippen MR) is 66.4 cm³/mol. The summed E-state index contributed by atoms with van der Waals surface area (Å²) in [5.74, 6) is 0.877. The van der Waals surface area contributed by atoms with E-state index in [0.29, 0.717) is 16.2 Å². The van der Waals surface area contributed by atoms with E-state index in [1.54, 1.807) is 0 Å². The second-order valence-electron chi connectivity index (χ2n) is 6.37. The van der Waals surface area contributed by atoms with Crippen LogP contribution < -0.4 is 0 Å². The highest BCUT2D eigenvalue weighted by atomic mass is 35.5. The number of hydrogen-bond acceptors (Lipinski definition) is 1. The molecule has 1 nitrogen and oxygen atoms in total. The maximum atomic E-state index is 6.61. The average molecular weight is 230 g/mol. The Bertz CT molecular complexity index is 249. The highest BCUT2D eigenvalue weighted by Crippen LogP contribution is 2.68. The molecule has 2 heteroatoms. The van der Waals surface area contributed by atoms with Gasteiger partial charge in [-0.2, -0.15) is 0 Å². The molecule has 0 aromatic rings. The predicted octanol–water partition coefficient (Wildman–Crippen LogP) is 3.37. The van der Waals surface area contributed by atoms with Crippen molar-refractivity contribution in [3.8, 4) is 0 Å². The molecule has 0 N–H and O–H groups in total. The Balaban J connectivity index is 2.16. The van der Waals surface area contributed by atoms with Gasteiger partial charge in [-0.3, -0.25) is 0 Å². The van der Waals surface area contributed by atoms with Gasteiger partial charge in [-0.15, -0.1) is 11.6 Å². The first-order valence-corrected chi connectivity index (χ1v) is 6.62. The third-order valence-corrected chi connectivity index (χ3v) is 5.93. The second-order valence-corrected chi connectivity index (χ2v) is 6.90. The van der Waals surface area contributed by atoms with Gasteiger partial charge in [0.1, 0.15) is 0 Å². The highest BCUT2D eigenvalue weighted by molar-refractivity contribution is 6.21. The van der Waals surface area contributed by atoms with Crippen molar-refractivity contribution >= 4 is 11.6 Å². The fraction of sp³-hybridized carbons (Fsp3) is 1.00. The molecule has 15 heavy (non-hydrogen) atoms. The third kappa shape index (κ3) is 1.54. The molecule has 0 saturated heterocycles. The molecular weight excluding hydrogens is 206 g/mol. The smallest absolute Gasteiger partial charge is 0.0400 e. The lowest BCUT2D eigenvalue weighted by atomic mass is 9.67. The van der Waals surface area contributed by atoms with E-state index >= 15 is 0 Å².